The van der Waals surface area contributed by atoms with Crippen LogP contribution in [0.15, 0.2) is 30.6 Å². The second-order valence-electron chi connectivity index (χ2n) is 7.47. The number of rotatable bonds is 5. The number of hydrogen-bond donors (Lipinski definition) is 3. The van der Waals surface area contributed by atoms with Gasteiger partial charge in [0.15, 0.2) is 0 Å². The molecule has 1 aliphatic carbocycles. The number of imidazole rings is 1. The molecule has 1 aliphatic rings. The number of aryl methyl sites for hydroxylation is 2. The van der Waals surface area contributed by atoms with E-state index in [1.54, 1.807) is 23.1 Å². The number of amides is 2. The van der Waals surface area contributed by atoms with Crippen molar-refractivity contribution in [2.24, 2.45) is 0 Å². The van der Waals surface area contributed by atoms with Crippen molar-refractivity contribution in [1.82, 2.24) is 30.4 Å². The van der Waals surface area contributed by atoms with Crippen LogP contribution in [0.25, 0.3) is 11.0 Å². The maximum atomic E-state index is 12.5. The van der Waals surface area contributed by atoms with Gasteiger partial charge in [-0.1, -0.05) is 0 Å². The normalized spacial score (nSPS) is 19.1. The van der Waals surface area contributed by atoms with Crippen molar-refractivity contribution in [1.29, 1.82) is 0 Å². The minimum absolute atomic E-state index is 0.0483. The van der Waals surface area contributed by atoms with Crippen LogP contribution in [-0.2, 0) is 11.3 Å². The number of H-pyrrole nitrogens is 1. The summed E-state index contributed by atoms with van der Waals surface area (Å²) in [5.41, 5.74) is 4.16. The second kappa shape index (κ2) is 7.46. The highest BCUT2D eigenvalue weighted by atomic mass is 16.2. The summed E-state index contributed by atoms with van der Waals surface area (Å²) >= 11 is 0. The molecule has 0 bridgehead atoms. The molecule has 2 amide bonds. The van der Waals surface area contributed by atoms with E-state index in [0.29, 0.717) is 5.56 Å². The van der Waals surface area contributed by atoms with Gasteiger partial charge in [0, 0.05) is 23.3 Å². The quantitative estimate of drug-likeness (QED) is 0.628. The first-order valence-corrected chi connectivity index (χ1v) is 9.52. The van der Waals surface area contributed by atoms with Gasteiger partial charge in [0.1, 0.15) is 6.54 Å². The molecule has 4 rings (SSSR count). The molecule has 28 heavy (non-hydrogen) atoms. The minimum atomic E-state index is -0.101. The topological polar surface area (TPSA) is 105 Å². The molecule has 0 aliphatic heterocycles. The lowest BCUT2D eigenvalue weighted by Gasteiger charge is -2.15. The lowest BCUT2D eigenvalue weighted by Crippen LogP contribution is -2.38. The van der Waals surface area contributed by atoms with Crippen molar-refractivity contribution in [2.75, 3.05) is 0 Å². The maximum Gasteiger partial charge on any atom is 0.251 e. The lowest BCUT2D eigenvalue weighted by atomic mass is 10.1. The molecular formula is C20H24N6O2. The first kappa shape index (κ1) is 18.2. The molecule has 8 nitrogen and oxygen atoms in total. The first-order valence-electron chi connectivity index (χ1n) is 9.52. The third-order valence-electron chi connectivity index (χ3n) is 5.21. The fourth-order valence-electron chi connectivity index (χ4n) is 3.83. The zero-order valence-corrected chi connectivity index (χ0v) is 16.0. The molecule has 1 fully saturated rings. The number of carbonyl (C=O) groups excluding carboxylic acids is 2. The highest BCUT2D eigenvalue weighted by Gasteiger charge is 2.27. The fourth-order valence-corrected chi connectivity index (χ4v) is 3.83. The van der Waals surface area contributed by atoms with Crippen LogP contribution in [0.5, 0.6) is 0 Å². The maximum absolute atomic E-state index is 12.5. The van der Waals surface area contributed by atoms with Crippen LogP contribution >= 0.6 is 0 Å². The van der Waals surface area contributed by atoms with Crippen molar-refractivity contribution < 1.29 is 9.59 Å². The number of aromatic amines is 1. The molecule has 2 heterocycles. The van der Waals surface area contributed by atoms with Crippen molar-refractivity contribution in [3.8, 4) is 0 Å². The van der Waals surface area contributed by atoms with Crippen LogP contribution in [0, 0.1) is 13.8 Å². The highest BCUT2D eigenvalue weighted by Crippen LogP contribution is 2.20. The Morgan fingerprint density at radius 1 is 1.18 bits per heavy atom. The van der Waals surface area contributed by atoms with Crippen LogP contribution < -0.4 is 10.6 Å². The Balaban J connectivity index is 1.29. The van der Waals surface area contributed by atoms with E-state index < -0.39 is 0 Å². The summed E-state index contributed by atoms with van der Waals surface area (Å²) < 4.78 is 1.71. The van der Waals surface area contributed by atoms with Crippen molar-refractivity contribution in [2.45, 2.75) is 51.7 Å². The molecule has 2 unspecified atom stereocenters. The van der Waals surface area contributed by atoms with Crippen molar-refractivity contribution in [3.63, 3.8) is 0 Å². The lowest BCUT2D eigenvalue weighted by molar-refractivity contribution is -0.122. The Kier molecular flexibility index (Phi) is 4.85. The summed E-state index contributed by atoms with van der Waals surface area (Å²) in [5, 5.41) is 10.5. The molecular weight excluding hydrogens is 356 g/mol. The number of hydrogen-bond acceptors (Lipinski definition) is 4. The largest absolute Gasteiger partial charge is 0.352 e. The number of nitrogens with one attached hydrogen (secondary N) is 3. The molecule has 3 aromatic rings. The summed E-state index contributed by atoms with van der Waals surface area (Å²) in [6.45, 7) is 4.07. The predicted molar refractivity (Wildman–Crippen MR) is 105 cm³/mol. The fraction of sp³-hybridized carbons (Fsp3) is 0.400. The average molecular weight is 380 g/mol. The van der Waals surface area contributed by atoms with Gasteiger partial charge in [-0.25, -0.2) is 4.98 Å². The average Bonchev–Trinajstić information content (AvgIpc) is 3.35. The Morgan fingerprint density at radius 3 is 2.71 bits per heavy atom. The van der Waals surface area contributed by atoms with E-state index in [0.717, 1.165) is 41.7 Å². The molecule has 146 valence electrons. The monoisotopic (exact) mass is 380 g/mol. The third-order valence-corrected chi connectivity index (χ3v) is 5.21. The Bertz CT molecular complexity index is 1020. The van der Waals surface area contributed by atoms with E-state index in [9.17, 15) is 9.59 Å². The highest BCUT2D eigenvalue weighted by molar-refractivity contribution is 5.97. The number of carbonyl (C=O) groups is 2. The zero-order chi connectivity index (χ0) is 19.7. The van der Waals surface area contributed by atoms with Gasteiger partial charge in [-0.2, -0.15) is 5.10 Å². The molecule has 0 saturated heterocycles. The van der Waals surface area contributed by atoms with E-state index in [1.807, 2.05) is 26.0 Å². The first-order chi connectivity index (χ1) is 13.5. The van der Waals surface area contributed by atoms with Gasteiger partial charge in [0.25, 0.3) is 5.91 Å². The van der Waals surface area contributed by atoms with Crippen LogP contribution in [0.2, 0.25) is 0 Å². The second-order valence-corrected chi connectivity index (χ2v) is 7.47. The Morgan fingerprint density at radius 2 is 1.96 bits per heavy atom. The van der Waals surface area contributed by atoms with Crippen molar-refractivity contribution >= 4 is 22.8 Å². The molecule has 1 aromatic carbocycles. The van der Waals surface area contributed by atoms with E-state index in [2.05, 4.69) is 25.7 Å². The van der Waals surface area contributed by atoms with Crippen LogP contribution in [-0.4, -0.2) is 43.6 Å². The van der Waals surface area contributed by atoms with Gasteiger partial charge < -0.3 is 15.6 Å². The smallest absolute Gasteiger partial charge is 0.251 e. The SMILES string of the molecule is Cc1cc(C)n(CC(=O)NC2CCC(NC(=O)c3ccc4nc[nH]c4c3)C2)n1. The van der Waals surface area contributed by atoms with E-state index in [4.69, 9.17) is 0 Å². The van der Waals surface area contributed by atoms with Gasteiger partial charge in [0.05, 0.1) is 23.1 Å². The number of aromatic nitrogens is 4. The van der Waals surface area contributed by atoms with Gasteiger partial charge in [-0.15, -0.1) is 0 Å². The molecule has 0 spiro atoms. The van der Waals surface area contributed by atoms with Gasteiger partial charge in [-0.05, 0) is 57.4 Å². The predicted octanol–water partition coefficient (Wildman–Crippen LogP) is 1.84. The number of benzene rings is 1. The van der Waals surface area contributed by atoms with E-state index >= 15 is 0 Å². The summed E-state index contributed by atoms with van der Waals surface area (Å²) in [5.74, 6) is -0.149. The minimum Gasteiger partial charge on any atom is -0.352 e. The van der Waals surface area contributed by atoms with Gasteiger partial charge in [-0.3, -0.25) is 14.3 Å². The summed E-state index contributed by atoms with van der Waals surface area (Å²) in [4.78, 5) is 32.0. The molecule has 0 radical (unpaired) electrons. The van der Waals surface area contributed by atoms with Gasteiger partial charge in [0.2, 0.25) is 5.91 Å². The molecule has 1 saturated carbocycles. The third kappa shape index (κ3) is 3.90. The summed E-state index contributed by atoms with van der Waals surface area (Å²) in [6.07, 6.45) is 4.06. The molecule has 3 N–H and O–H groups in total. The Hall–Kier alpha value is -3.16. The standard InChI is InChI=1S/C20H24N6O2/c1-12-7-13(2)26(25-12)10-19(27)23-15-4-5-16(9-15)24-20(28)14-3-6-17-18(8-14)22-11-21-17/h3,6-8,11,15-16H,4-5,9-10H2,1-2H3,(H,21,22)(H,23,27)(H,24,28). The summed E-state index contributed by atoms with van der Waals surface area (Å²) in [6, 6.07) is 7.50. The molecule has 8 heteroatoms. The van der Waals surface area contributed by atoms with E-state index in [-0.39, 0.29) is 30.4 Å². The van der Waals surface area contributed by atoms with E-state index in [1.165, 1.54) is 0 Å². The number of nitrogens with zero attached hydrogens (tertiary/aromatic N) is 3. The van der Waals surface area contributed by atoms with Crippen LogP contribution in [0.3, 0.4) is 0 Å². The molecule has 2 atom stereocenters. The number of fused-ring (bicyclic) bond motifs is 1. The van der Waals surface area contributed by atoms with Crippen LogP contribution in [0.4, 0.5) is 0 Å². The molecule has 2 aromatic heterocycles. The van der Waals surface area contributed by atoms with Crippen LogP contribution in [0.1, 0.15) is 41.0 Å². The van der Waals surface area contributed by atoms with Crippen molar-refractivity contribution in [3.05, 3.63) is 47.5 Å². The zero-order valence-electron chi connectivity index (χ0n) is 16.0. The summed E-state index contributed by atoms with van der Waals surface area (Å²) in [7, 11) is 0. The Labute approximate surface area is 162 Å². The van der Waals surface area contributed by atoms with Gasteiger partial charge >= 0.3 is 0 Å².